The molecule has 2 aromatic heterocycles. The molecule has 1 atom stereocenters. The number of nitrogens with one attached hydrogen (secondary N) is 1. The zero-order valence-corrected chi connectivity index (χ0v) is 21.3. The summed E-state index contributed by atoms with van der Waals surface area (Å²) in [5.41, 5.74) is 8.50. The molecule has 5 rings (SSSR count). The number of ketones is 1. The maximum atomic E-state index is 13.9. The number of aromatic nitrogens is 5. The van der Waals surface area contributed by atoms with Crippen LogP contribution in [0.5, 0.6) is 0 Å². The quantitative estimate of drug-likeness (QED) is 0.257. The van der Waals surface area contributed by atoms with Gasteiger partial charge in [0.25, 0.3) is 0 Å². The number of nitrogen functional groups attached to an aromatic ring is 1. The van der Waals surface area contributed by atoms with Crippen molar-refractivity contribution in [2.24, 2.45) is 5.92 Å². The summed E-state index contributed by atoms with van der Waals surface area (Å²) in [6.07, 6.45) is 3.05. The lowest BCUT2D eigenvalue weighted by Gasteiger charge is -2.17. The molecular formula is C29H25F2N7O2. The molecule has 0 unspecified atom stereocenters. The first-order valence-corrected chi connectivity index (χ1v) is 12.5. The fraction of sp³-hybridized carbons (Fsp3) is 0.172. The van der Waals surface area contributed by atoms with Gasteiger partial charge < -0.3 is 11.1 Å². The lowest BCUT2D eigenvalue weighted by molar-refractivity contribution is -0.125. The van der Waals surface area contributed by atoms with Crippen LogP contribution in [0.4, 0.5) is 14.6 Å². The number of anilines is 1. The minimum absolute atomic E-state index is 0.0616. The number of nitrogens with two attached hydrogens (primary N) is 1. The second kappa shape index (κ2) is 11.8. The monoisotopic (exact) mass is 541 g/mol. The molecule has 40 heavy (non-hydrogen) atoms. The van der Waals surface area contributed by atoms with Crippen LogP contribution in [-0.4, -0.2) is 36.9 Å². The van der Waals surface area contributed by atoms with E-state index in [9.17, 15) is 18.4 Å². The van der Waals surface area contributed by atoms with E-state index in [0.29, 0.717) is 23.5 Å². The Balaban J connectivity index is 1.30. The van der Waals surface area contributed by atoms with Crippen molar-refractivity contribution in [3.05, 3.63) is 113 Å². The molecule has 3 aromatic carbocycles. The molecule has 202 valence electrons. The van der Waals surface area contributed by atoms with Gasteiger partial charge in [0.05, 0.1) is 6.54 Å². The second-order valence-corrected chi connectivity index (χ2v) is 9.45. The Morgan fingerprint density at radius 2 is 1.70 bits per heavy atom. The average Bonchev–Trinajstić information content (AvgIpc) is 3.47. The van der Waals surface area contributed by atoms with Crippen LogP contribution in [-0.2, 0) is 24.3 Å². The van der Waals surface area contributed by atoms with Gasteiger partial charge in [-0.3, -0.25) is 9.59 Å². The smallest absolute Gasteiger partial charge is 0.224 e. The molecule has 0 bridgehead atoms. The highest BCUT2D eigenvalue weighted by Crippen LogP contribution is 2.21. The molecular weight excluding hydrogens is 516 g/mol. The predicted octanol–water partition coefficient (Wildman–Crippen LogP) is 3.88. The van der Waals surface area contributed by atoms with Gasteiger partial charge in [0.2, 0.25) is 5.91 Å². The summed E-state index contributed by atoms with van der Waals surface area (Å²) in [5, 5.41) is 15.6. The van der Waals surface area contributed by atoms with Crippen LogP contribution in [0.2, 0.25) is 0 Å². The SMILES string of the molecule is Nc1nccc2cc(CNC(=O)[C@@H](CC(=O)c3ccc(Cn4cnnn4)cc3)Cc3ccc(F)c(F)c3)ccc12. The second-order valence-electron chi connectivity index (χ2n) is 9.45. The summed E-state index contributed by atoms with van der Waals surface area (Å²) in [6.45, 7) is 0.659. The summed E-state index contributed by atoms with van der Waals surface area (Å²) >= 11 is 0. The number of rotatable bonds is 10. The molecule has 0 radical (unpaired) electrons. The first-order chi connectivity index (χ1) is 19.4. The van der Waals surface area contributed by atoms with Gasteiger partial charge in [0, 0.05) is 36.0 Å². The van der Waals surface area contributed by atoms with Crippen molar-refractivity contribution in [3.8, 4) is 0 Å². The fourth-order valence-corrected chi connectivity index (χ4v) is 4.48. The van der Waals surface area contributed by atoms with E-state index in [1.165, 1.54) is 12.4 Å². The summed E-state index contributed by atoms with van der Waals surface area (Å²) in [6, 6.07) is 17.8. The fourth-order valence-electron chi connectivity index (χ4n) is 4.48. The lowest BCUT2D eigenvalue weighted by atomic mass is 9.91. The molecule has 0 fully saturated rings. The number of benzene rings is 3. The lowest BCUT2D eigenvalue weighted by Crippen LogP contribution is -2.33. The molecule has 9 nitrogen and oxygen atoms in total. The first-order valence-electron chi connectivity index (χ1n) is 12.5. The number of halogens is 2. The van der Waals surface area contributed by atoms with Crippen molar-refractivity contribution in [2.45, 2.75) is 25.9 Å². The number of hydrogen-bond acceptors (Lipinski definition) is 7. The Kier molecular flexibility index (Phi) is 7.81. The van der Waals surface area contributed by atoms with Gasteiger partial charge in [-0.15, -0.1) is 5.10 Å². The number of nitrogens with zero attached hydrogens (tertiary/aromatic N) is 5. The molecule has 0 aliphatic carbocycles. The molecule has 0 saturated carbocycles. The summed E-state index contributed by atoms with van der Waals surface area (Å²) in [5.74, 6) is -2.99. The van der Waals surface area contributed by atoms with E-state index in [2.05, 4.69) is 25.8 Å². The number of carbonyl (C=O) groups excluding carboxylic acids is 2. The van der Waals surface area contributed by atoms with Crippen LogP contribution in [0.15, 0.2) is 79.3 Å². The topological polar surface area (TPSA) is 129 Å². The molecule has 0 aliphatic heterocycles. The number of hydrogen-bond donors (Lipinski definition) is 2. The number of pyridine rings is 1. The molecule has 0 saturated heterocycles. The molecule has 0 spiro atoms. The Labute approximate surface area is 228 Å². The number of carbonyl (C=O) groups is 2. The highest BCUT2D eigenvalue weighted by Gasteiger charge is 2.24. The van der Waals surface area contributed by atoms with Crippen molar-refractivity contribution in [1.29, 1.82) is 0 Å². The molecule has 1 amide bonds. The minimum Gasteiger partial charge on any atom is -0.383 e. The van der Waals surface area contributed by atoms with E-state index in [1.54, 1.807) is 35.1 Å². The van der Waals surface area contributed by atoms with Crippen LogP contribution < -0.4 is 11.1 Å². The Hall–Kier alpha value is -5.06. The third-order valence-electron chi connectivity index (χ3n) is 6.61. The number of fused-ring (bicyclic) bond motifs is 1. The van der Waals surface area contributed by atoms with Crippen LogP contribution in [0.3, 0.4) is 0 Å². The van der Waals surface area contributed by atoms with E-state index in [1.807, 2.05) is 24.3 Å². The van der Waals surface area contributed by atoms with Crippen molar-refractivity contribution < 1.29 is 18.4 Å². The average molecular weight is 542 g/mol. The van der Waals surface area contributed by atoms with E-state index < -0.39 is 17.6 Å². The number of Topliss-reactive ketones (excluding diaryl/α,β-unsaturated/α-hetero) is 1. The van der Waals surface area contributed by atoms with Gasteiger partial charge in [0.1, 0.15) is 12.1 Å². The number of amides is 1. The van der Waals surface area contributed by atoms with Crippen LogP contribution in [0, 0.1) is 17.6 Å². The standard InChI is InChI=1S/C29H25F2N7O2/c30-25-8-4-19(13-26(25)31)11-23(14-27(39)21-5-1-18(2-6-21)16-38-17-35-36-37-38)29(40)34-15-20-3-7-24-22(12-20)9-10-33-28(24)32/h1-10,12-13,17,23H,11,14-16H2,(H2,32,33)(H,34,40)/t23-/m1/s1. The Morgan fingerprint density at radius 1 is 0.925 bits per heavy atom. The van der Waals surface area contributed by atoms with Gasteiger partial charge >= 0.3 is 0 Å². The van der Waals surface area contributed by atoms with Gasteiger partial charge in [-0.05, 0) is 63.2 Å². The molecule has 11 heteroatoms. The summed E-state index contributed by atoms with van der Waals surface area (Å²) < 4.78 is 28.9. The van der Waals surface area contributed by atoms with Crippen molar-refractivity contribution in [3.63, 3.8) is 0 Å². The highest BCUT2D eigenvalue weighted by atomic mass is 19.2. The van der Waals surface area contributed by atoms with Gasteiger partial charge in [-0.25, -0.2) is 18.4 Å². The minimum atomic E-state index is -1.01. The van der Waals surface area contributed by atoms with Crippen LogP contribution in [0.25, 0.3) is 10.8 Å². The van der Waals surface area contributed by atoms with E-state index >= 15 is 0 Å². The van der Waals surface area contributed by atoms with Crippen LogP contribution >= 0.6 is 0 Å². The van der Waals surface area contributed by atoms with E-state index in [4.69, 9.17) is 5.73 Å². The van der Waals surface area contributed by atoms with Gasteiger partial charge in [-0.1, -0.05) is 42.5 Å². The predicted molar refractivity (Wildman–Crippen MR) is 144 cm³/mol. The van der Waals surface area contributed by atoms with Gasteiger partial charge in [-0.2, -0.15) is 0 Å². The van der Waals surface area contributed by atoms with Crippen LogP contribution in [0.1, 0.15) is 33.5 Å². The first kappa shape index (κ1) is 26.5. The molecule has 3 N–H and O–H groups in total. The molecule has 2 heterocycles. The zero-order valence-electron chi connectivity index (χ0n) is 21.3. The highest BCUT2D eigenvalue weighted by molar-refractivity contribution is 5.98. The van der Waals surface area contributed by atoms with Crippen molar-refractivity contribution >= 4 is 28.3 Å². The largest absolute Gasteiger partial charge is 0.383 e. The Morgan fingerprint density at radius 3 is 2.45 bits per heavy atom. The maximum absolute atomic E-state index is 13.9. The van der Waals surface area contributed by atoms with Gasteiger partial charge in [0.15, 0.2) is 17.4 Å². The molecule has 5 aromatic rings. The maximum Gasteiger partial charge on any atom is 0.224 e. The summed E-state index contributed by atoms with van der Waals surface area (Å²) in [4.78, 5) is 30.6. The van der Waals surface area contributed by atoms with E-state index in [-0.39, 0.29) is 31.1 Å². The van der Waals surface area contributed by atoms with E-state index in [0.717, 1.165) is 34.0 Å². The van der Waals surface area contributed by atoms with Crippen molar-refractivity contribution in [2.75, 3.05) is 5.73 Å². The summed E-state index contributed by atoms with van der Waals surface area (Å²) in [7, 11) is 0. The Bertz CT molecular complexity index is 1660. The third-order valence-corrected chi connectivity index (χ3v) is 6.61. The molecule has 0 aliphatic rings. The zero-order chi connectivity index (χ0) is 28.1. The number of tetrazole rings is 1. The third kappa shape index (κ3) is 6.32. The van der Waals surface area contributed by atoms with Crippen molar-refractivity contribution in [1.82, 2.24) is 30.5 Å². The normalized spacial score (nSPS) is 11.8.